The highest BCUT2D eigenvalue weighted by atomic mass is 16.3. The summed E-state index contributed by atoms with van der Waals surface area (Å²) in [5, 5.41) is 10.1. The van der Waals surface area contributed by atoms with E-state index >= 15 is 0 Å². The van der Waals surface area contributed by atoms with Crippen LogP contribution in [0.25, 0.3) is 16.6 Å². The van der Waals surface area contributed by atoms with Crippen molar-refractivity contribution < 1.29 is 5.11 Å². The van der Waals surface area contributed by atoms with Gasteiger partial charge in [-0.05, 0) is 32.0 Å². The molecule has 1 heterocycles. The molecule has 3 rings (SSSR count). The maximum atomic E-state index is 12.7. The average Bonchev–Trinajstić information content (AvgIpc) is 2.48. The summed E-state index contributed by atoms with van der Waals surface area (Å²) in [6.07, 6.45) is 1.52. The maximum absolute atomic E-state index is 12.7. The number of aliphatic hydroxyl groups excluding tert-OH is 1. The molecule has 0 saturated heterocycles. The Bertz CT molecular complexity index is 882. The largest absolute Gasteiger partial charge is 0.392 e. The van der Waals surface area contributed by atoms with Crippen molar-refractivity contribution in [3.05, 3.63) is 69.8 Å². The van der Waals surface area contributed by atoms with Crippen molar-refractivity contribution in [1.29, 1.82) is 0 Å². The molecule has 0 aliphatic heterocycles. The second-order valence-corrected chi connectivity index (χ2v) is 5.23. The van der Waals surface area contributed by atoms with Crippen LogP contribution in [-0.4, -0.2) is 14.7 Å². The third-order valence-corrected chi connectivity index (χ3v) is 3.58. The first-order chi connectivity index (χ1) is 10.1. The Labute approximate surface area is 122 Å². The van der Waals surface area contributed by atoms with Gasteiger partial charge in [-0.1, -0.05) is 29.3 Å². The van der Waals surface area contributed by atoms with E-state index in [-0.39, 0.29) is 12.2 Å². The van der Waals surface area contributed by atoms with Gasteiger partial charge in [-0.3, -0.25) is 9.36 Å². The van der Waals surface area contributed by atoms with E-state index in [1.165, 1.54) is 10.9 Å². The molecule has 4 nitrogen and oxygen atoms in total. The first-order valence-electron chi connectivity index (χ1n) is 6.79. The predicted octanol–water partition coefficient (Wildman–Crippen LogP) is 2.49. The number of aromatic nitrogens is 2. The highest BCUT2D eigenvalue weighted by molar-refractivity contribution is 5.78. The number of hydrogen-bond donors (Lipinski definition) is 1. The number of aryl methyl sites for hydroxylation is 2. The van der Waals surface area contributed by atoms with Gasteiger partial charge in [0, 0.05) is 5.56 Å². The Morgan fingerprint density at radius 2 is 1.81 bits per heavy atom. The van der Waals surface area contributed by atoms with Gasteiger partial charge in [0.25, 0.3) is 5.56 Å². The van der Waals surface area contributed by atoms with Crippen LogP contribution in [-0.2, 0) is 6.61 Å². The molecule has 0 spiro atoms. The molecule has 0 amide bonds. The molecule has 0 unspecified atom stereocenters. The predicted molar refractivity (Wildman–Crippen MR) is 82.7 cm³/mol. The highest BCUT2D eigenvalue weighted by Crippen LogP contribution is 2.17. The van der Waals surface area contributed by atoms with Crippen LogP contribution in [0.2, 0.25) is 0 Å². The minimum atomic E-state index is -0.123. The van der Waals surface area contributed by atoms with Gasteiger partial charge >= 0.3 is 0 Å². The number of aliphatic hydroxyl groups is 1. The highest BCUT2D eigenvalue weighted by Gasteiger charge is 2.09. The van der Waals surface area contributed by atoms with Crippen molar-refractivity contribution in [1.82, 2.24) is 9.55 Å². The van der Waals surface area contributed by atoms with Gasteiger partial charge < -0.3 is 5.11 Å². The van der Waals surface area contributed by atoms with Crippen LogP contribution in [0.1, 0.15) is 16.7 Å². The molecule has 0 bridgehead atoms. The lowest BCUT2D eigenvalue weighted by molar-refractivity contribution is 0.281. The van der Waals surface area contributed by atoms with E-state index in [1.54, 1.807) is 0 Å². The Morgan fingerprint density at radius 3 is 2.57 bits per heavy atom. The Balaban J connectivity index is 2.31. The van der Waals surface area contributed by atoms with E-state index in [1.807, 2.05) is 50.2 Å². The second kappa shape index (κ2) is 5.14. The zero-order valence-electron chi connectivity index (χ0n) is 12.0. The van der Waals surface area contributed by atoms with Crippen molar-refractivity contribution in [2.24, 2.45) is 0 Å². The van der Waals surface area contributed by atoms with E-state index < -0.39 is 0 Å². The fourth-order valence-corrected chi connectivity index (χ4v) is 2.48. The number of hydrogen-bond acceptors (Lipinski definition) is 3. The summed E-state index contributed by atoms with van der Waals surface area (Å²) >= 11 is 0. The van der Waals surface area contributed by atoms with Gasteiger partial charge in [-0.2, -0.15) is 0 Å². The molecule has 21 heavy (non-hydrogen) atoms. The van der Waals surface area contributed by atoms with Crippen molar-refractivity contribution in [3.63, 3.8) is 0 Å². The normalized spacial score (nSPS) is 11.0. The van der Waals surface area contributed by atoms with Crippen molar-refractivity contribution >= 4 is 10.9 Å². The van der Waals surface area contributed by atoms with Crippen LogP contribution in [0, 0.1) is 13.8 Å². The van der Waals surface area contributed by atoms with E-state index in [9.17, 15) is 9.90 Å². The minimum absolute atomic E-state index is 0.116. The Morgan fingerprint density at radius 1 is 1.10 bits per heavy atom. The molecule has 0 fully saturated rings. The fraction of sp³-hybridized carbons (Fsp3) is 0.176. The summed E-state index contributed by atoms with van der Waals surface area (Å²) < 4.78 is 1.49. The molecular formula is C17H16N2O2. The van der Waals surface area contributed by atoms with Gasteiger partial charge in [-0.15, -0.1) is 0 Å². The first kappa shape index (κ1) is 13.5. The molecule has 3 aromatic rings. The summed E-state index contributed by atoms with van der Waals surface area (Å²) in [5.74, 6) is 0. The third-order valence-electron chi connectivity index (χ3n) is 3.58. The molecule has 1 N–H and O–H groups in total. The number of nitrogens with zero attached hydrogens (tertiary/aromatic N) is 2. The molecule has 0 atom stereocenters. The molecule has 0 radical (unpaired) electrons. The van der Waals surface area contributed by atoms with Gasteiger partial charge in [0.15, 0.2) is 0 Å². The van der Waals surface area contributed by atoms with Crippen molar-refractivity contribution in [3.8, 4) is 5.69 Å². The number of benzene rings is 2. The average molecular weight is 280 g/mol. The molecule has 0 saturated carbocycles. The molecule has 0 aliphatic rings. The first-order valence-corrected chi connectivity index (χ1v) is 6.79. The van der Waals surface area contributed by atoms with Gasteiger partial charge in [0.2, 0.25) is 0 Å². The van der Waals surface area contributed by atoms with E-state index in [0.717, 1.165) is 11.1 Å². The van der Waals surface area contributed by atoms with E-state index in [0.29, 0.717) is 22.2 Å². The van der Waals surface area contributed by atoms with E-state index in [4.69, 9.17) is 0 Å². The van der Waals surface area contributed by atoms with Gasteiger partial charge in [-0.25, -0.2) is 4.98 Å². The third kappa shape index (κ3) is 2.34. The molecule has 2 aromatic carbocycles. The van der Waals surface area contributed by atoms with Crippen LogP contribution in [0.4, 0.5) is 0 Å². The van der Waals surface area contributed by atoms with Crippen LogP contribution >= 0.6 is 0 Å². The Kier molecular flexibility index (Phi) is 3.31. The zero-order valence-corrected chi connectivity index (χ0v) is 12.0. The van der Waals surface area contributed by atoms with Gasteiger partial charge in [0.1, 0.15) is 6.33 Å². The lowest BCUT2D eigenvalue weighted by atomic mass is 10.1. The molecule has 106 valence electrons. The quantitative estimate of drug-likeness (QED) is 0.784. The fourth-order valence-electron chi connectivity index (χ4n) is 2.48. The SMILES string of the molecule is Cc1ccc(-n2cnc3ccc(C)cc3c2=O)c(CO)c1. The summed E-state index contributed by atoms with van der Waals surface area (Å²) in [4.78, 5) is 17.0. The number of rotatable bonds is 2. The summed E-state index contributed by atoms with van der Waals surface area (Å²) in [5.41, 5.74) is 4.00. The van der Waals surface area contributed by atoms with Crippen LogP contribution < -0.4 is 5.56 Å². The van der Waals surface area contributed by atoms with E-state index in [2.05, 4.69) is 4.98 Å². The zero-order chi connectivity index (χ0) is 15.0. The monoisotopic (exact) mass is 280 g/mol. The summed E-state index contributed by atoms with van der Waals surface area (Å²) in [6.45, 7) is 3.78. The second-order valence-electron chi connectivity index (χ2n) is 5.23. The minimum Gasteiger partial charge on any atom is -0.392 e. The van der Waals surface area contributed by atoms with Gasteiger partial charge in [0.05, 0.1) is 23.2 Å². The lowest BCUT2D eigenvalue weighted by Crippen LogP contribution is -2.20. The van der Waals surface area contributed by atoms with Crippen molar-refractivity contribution in [2.45, 2.75) is 20.5 Å². The van der Waals surface area contributed by atoms with Crippen LogP contribution in [0.3, 0.4) is 0 Å². The summed E-state index contributed by atoms with van der Waals surface area (Å²) in [7, 11) is 0. The van der Waals surface area contributed by atoms with Crippen molar-refractivity contribution in [2.75, 3.05) is 0 Å². The van der Waals surface area contributed by atoms with Crippen LogP contribution in [0.5, 0.6) is 0 Å². The Hall–Kier alpha value is -2.46. The van der Waals surface area contributed by atoms with Crippen LogP contribution in [0.15, 0.2) is 47.5 Å². The summed E-state index contributed by atoms with van der Waals surface area (Å²) in [6, 6.07) is 11.3. The molecule has 0 aliphatic carbocycles. The molecule has 4 heteroatoms. The standard InChI is InChI=1S/C17H16N2O2/c1-11-4-6-16(13(7-11)9-20)19-10-18-15-5-3-12(2)8-14(15)17(19)21/h3-8,10,20H,9H2,1-2H3. The topological polar surface area (TPSA) is 55.1 Å². The smallest absolute Gasteiger partial charge is 0.265 e. The number of fused-ring (bicyclic) bond motifs is 1. The maximum Gasteiger partial charge on any atom is 0.265 e. The molecular weight excluding hydrogens is 264 g/mol. The molecule has 1 aromatic heterocycles. The lowest BCUT2D eigenvalue weighted by Gasteiger charge is -2.11.